The van der Waals surface area contributed by atoms with Gasteiger partial charge in [-0.05, 0) is 44.9 Å². The van der Waals surface area contributed by atoms with E-state index in [1.165, 1.54) is 0 Å². The lowest BCUT2D eigenvalue weighted by molar-refractivity contribution is -0.145. The molecule has 0 heterocycles. The molecule has 1 aromatic carbocycles. The number of rotatable bonds is 5. The lowest BCUT2D eigenvalue weighted by Crippen LogP contribution is -2.44. The molecule has 2 rings (SSSR count). The van der Waals surface area contributed by atoms with Crippen molar-refractivity contribution in [2.75, 3.05) is 13.6 Å². The zero-order valence-corrected chi connectivity index (χ0v) is 14.1. The van der Waals surface area contributed by atoms with Gasteiger partial charge in [0, 0.05) is 28.7 Å². The molecule has 6 heteroatoms. The Morgan fingerprint density at radius 2 is 1.86 bits per heavy atom. The van der Waals surface area contributed by atoms with Crippen LogP contribution >= 0.6 is 23.2 Å². The molecule has 0 atom stereocenters. The predicted molar refractivity (Wildman–Crippen MR) is 87.3 cm³/mol. The fourth-order valence-corrected chi connectivity index (χ4v) is 3.59. The standard InChI is InChI=1S/C16H21Cl2NO3/c1-19(9-12-13(17)3-2-4-14(12)18)10-16(22)7-5-11(6-8-16)15(20)21/h2-4,11,22H,5-10H2,1H3,(H,20,21). The molecular formula is C16H21Cl2NO3. The number of nitrogens with zero attached hydrogens (tertiary/aromatic N) is 1. The largest absolute Gasteiger partial charge is 0.481 e. The summed E-state index contributed by atoms with van der Waals surface area (Å²) in [6.07, 6.45) is 2.05. The third-order valence-electron chi connectivity index (χ3n) is 4.32. The van der Waals surface area contributed by atoms with E-state index < -0.39 is 11.6 Å². The van der Waals surface area contributed by atoms with Crippen molar-refractivity contribution in [2.45, 2.75) is 37.8 Å². The number of likely N-dealkylation sites (N-methyl/N-ethyl adjacent to an activating group) is 1. The van der Waals surface area contributed by atoms with Crippen LogP contribution in [0, 0.1) is 5.92 Å². The van der Waals surface area contributed by atoms with Crippen LogP contribution in [0.3, 0.4) is 0 Å². The Morgan fingerprint density at radius 1 is 1.32 bits per heavy atom. The molecule has 0 amide bonds. The molecule has 22 heavy (non-hydrogen) atoms. The zero-order chi connectivity index (χ0) is 16.3. The summed E-state index contributed by atoms with van der Waals surface area (Å²) < 4.78 is 0. The number of carboxylic acid groups (broad SMARTS) is 1. The monoisotopic (exact) mass is 345 g/mol. The van der Waals surface area contributed by atoms with Gasteiger partial charge >= 0.3 is 5.97 Å². The molecule has 122 valence electrons. The third-order valence-corrected chi connectivity index (χ3v) is 5.03. The Morgan fingerprint density at radius 3 is 2.36 bits per heavy atom. The summed E-state index contributed by atoms with van der Waals surface area (Å²) in [5.41, 5.74) is 0.00481. The summed E-state index contributed by atoms with van der Waals surface area (Å²) >= 11 is 12.3. The second-order valence-electron chi connectivity index (χ2n) is 6.21. The van der Waals surface area contributed by atoms with Gasteiger partial charge in [-0.25, -0.2) is 0 Å². The van der Waals surface area contributed by atoms with E-state index in [9.17, 15) is 9.90 Å². The molecule has 0 radical (unpaired) electrons. The average molecular weight is 346 g/mol. The van der Waals surface area contributed by atoms with Crippen LogP contribution in [-0.4, -0.2) is 40.3 Å². The molecular weight excluding hydrogens is 325 g/mol. The Kier molecular flexibility index (Phi) is 5.72. The Balaban J connectivity index is 1.95. The zero-order valence-electron chi connectivity index (χ0n) is 12.6. The van der Waals surface area contributed by atoms with Gasteiger partial charge in [-0.1, -0.05) is 29.3 Å². The number of carboxylic acids is 1. The van der Waals surface area contributed by atoms with Crippen molar-refractivity contribution >= 4 is 29.2 Å². The average Bonchev–Trinajstić information content (AvgIpc) is 2.43. The molecule has 1 aromatic rings. The topological polar surface area (TPSA) is 60.8 Å². The van der Waals surface area contributed by atoms with Gasteiger partial charge in [0.15, 0.2) is 0 Å². The number of aliphatic carboxylic acids is 1. The summed E-state index contributed by atoms with van der Waals surface area (Å²) in [4.78, 5) is 13.0. The molecule has 4 nitrogen and oxygen atoms in total. The van der Waals surface area contributed by atoms with E-state index in [1.54, 1.807) is 18.2 Å². The van der Waals surface area contributed by atoms with Crippen LogP contribution in [0.1, 0.15) is 31.2 Å². The van der Waals surface area contributed by atoms with Crippen LogP contribution < -0.4 is 0 Å². The van der Waals surface area contributed by atoms with E-state index in [0.717, 1.165) is 5.56 Å². The highest BCUT2D eigenvalue weighted by molar-refractivity contribution is 6.35. The smallest absolute Gasteiger partial charge is 0.306 e. The number of aliphatic hydroxyl groups is 1. The summed E-state index contributed by atoms with van der Waals surface area (Å²) in [5, 5.41) is 20.9. The van der Waals surface area contributed by atoms with Gasteiger partial charge in [0.25, 0.3) is 0 Å². The quantitative estimate of drug-likeness (QED) is 0.858. The van der Waals surface area contributed by atoms with Gasteiger partial charge in [0.1, 0.15) is 0 Å². The second kappa shape index (κ2) is 7.18. The first-order valence-electron chi connectivity index (χ1n) is 7.37. The van der Waals surface area contributed by atoms with E-state index in [4.69, 9.17) is 28.3 Å². The van der Waals surface area contributed by atoms with Gasteiger partial charge < -0.3 is 10.2 Å². The minimum Gasteiger partial charge on any atom is -0.481 e. The molecule has 0 spiro atoms. The normalized spacial score (nSPS) is 25.4. The van der Waals surface area contributed by atoms with Crippen molar-refractivity contribution in [3.05, 3.63) is 33.8 Å². The van der Waals surface area contributed by atoms with Crippen LogP contribution in [0.5, 0.6) is 0 Å². The summed E-state index contributed by atoms with van der Waals surface area (Å²) in [5.74, 6) is -1.10. The highest BCUT2D eigenvalue weighted by Gasteiger charge is 2.36. The molecule has 0 unspecified atom stereocenters. The van der Waals surface area contributed by atoms with Gasteiger partial charge in [-0.2, -0.15) is 0 Å². The van der Waals surface area contributed by atoms with Crippen molar-refractivity contribution in [1.82, 2.24) is 4.90 Å². The van der Waals surface area contributed by atoms with Crippen LogP contribution in [0.25, 0.3) is 0 Å². The number of halogens is 2. The fraction of sp³-hybridized carbons (Fsp3) is 0.562. The van der Waals surface area contributed by atoms with Crippen LogP contribution in [0.2, 0.25) is 10.0 Å². The molecule has 1 aliphatic rings. The Hall–Kier alpha value is -0.810. The first kappa shape index (κ1) is 17.5. The van der Waals surface area contributed by atoms with Crippen LogP contribution in [-0.2, 0) is 11.3 Å². The van der Waals surface area contributed by atoms with Crippen molar-refractivity contribution in [3.8, 4) is 0 Å². The van der Waals surface area contributed by atoms with Crippen molar-refractivity contribution in [3.63, 3.8) is 0 Å². The maximum atomic E-state index is 11.0. The highest BCUT2D eigenvalue weighted by atomic mass is 35.5. The van der Waals surface area contributed by atoms with Crippen LogP contribution in [0.4, 0.5) is 0 Å². The predicted octanol–water partition coefficient (Wildman–Crippen LogP) is 3.43. The molecule has 1 fully saturated rings. The summed E-state index contributed by atoms with van der Waals surface area (Å²) in [6, 6.07) is 5.39. The number of carbonyl (C=O) groups is 1. The maximum absolute atomic E-state index is 11.0. The molecule has 0 saturated heterocycles. The van der Waals surface area contributed by atoms with Crippen molar-refractivity contribution in [2.24, 2.45) is 5.92 Å². The minimum atomic E-state index is -0.839. The second-order valence-corrected chi connectivity index (χ2v) is 7.02. The molecule has 2 N–H and O–H groups in total. The van der Waals surface area contributed by atoms with Gasteiger partial charge in [-0.15, -0.1) is 0 Å². The number of hydrogen-bond acceptors (Lipinski definition) is 3. The Labute approximate surface area is 140 Å². The summed E-state index contributed by atoms with van der Waals surface area (Å²) in [7, 11) is 1.90. The minimum absolute atomic E-state index is 0.330. The third kappa shape index (κ3) is 4.35. The van der Waals surface area contributed by atoms with Gasteiger partial charge in [0.2, 0.25) is 0 Å². The van der Waals surface area contributed by atoms with E-state index in [2.05, 4.69) is 0 Å². The molecule has 0 aliphatic heterocycles. The lowest BCUT2D eigenvalue weighted by Gasteiger charge is -2.37. The molecule has 0 aromatic heterocycles. The SMILES string of the molecule is CN(Cc1c(Cl)cccc1Cl)CC1(O)CCC(C(=O)O)CC1. The van der Waals surface area contributed by atoms with Crippen LogP contribution in [0.15, 0.2) is 18.2 Å². The first-order chi connectivity index (χ1) is 10.3. The molecule has 0 bridgehead atoms. The van der Waals surface area contributed by atoms with E-state index in [-0.39, 0.29) is 5.92 Å². The van der Waals surface area contributed by atoms with E-state index >= 15 is 0 Å². The molecule has 1 saturated carbocycles. The van der Waals surface area contributed by atoms with Crippen molar-refractivity contribution < 1.29 is 15.0 Å². The van der Waals surface area contributed by atoms with Gasteiger partial charge in [0.05, 0.1) is 11.5 Å². The number of benzene rings is 1. The van der Waals surface area contributed by atoms with E-state index in [1.807, 2.05) is 11.9 Å². The van der Waals surface area contributed by atoms with Crippen molar-refractivity contribution in [1.29, 1.82) is 0 Å². The van der Waals surface area contributed by atoms with E-state index in [0.29, 0.717) is 48.8 Å². The maximum Gasteiger partial charge on any atom is 0.306 e. The van der Waals surface area contributed by atoms with Gasteiger partial charge in [-0.3, -0.25) is 9.69 Å². The Bertz CT molecular complexity index is 522. The fourth-order valence-electron chi connectivity index (χ4n) is 3.07. The highest BCUT2D eigenvalue weighted by Crippen LogP contribution is 2.33. The summed E-state index contributed by atoms with van der Waals surface area (Å²) in [6.45, 7) is 1.02. The first-order valence-corrected chi connectivity index (χ1v) is 8.13. The molecule has 1 aliphatic carbocycles. The number of hydrogen-bond donors (Lipinski definition) is 2. The lowest BCUT2D eigenvalue weighted by atomic mass is 9.78.